The third-order valence-corrected chi connectivity index (χ3v) is 3.06. The maximum absolute atomic E-state index is 11.2. The molecule has 0 aliphatic carbocycles. The summed E-state index contributed by atoms with van der Waals surface area (Å²) in [7, 11) is 0. The molecule has 0 aliphatic heterocycles. The van der Waals surface area contributed by atoms with Crippen LogP contribution in [0.2, 0.25) is 0 Å². The maximum atomic E-state index is 11.2. The molecule has 0 saturated heterocycles. The van der Waals surface area contributed by atoms with Crippen molar-refractivity contribution in [2.75, 3.05) is 5.32 Å². The first-order valence-electron chi connectivity index (χ1n) is 6.97. The minimum atomic E-state index is -0.151. The van der Waals surface area contributed by atoms with Gasteiger partial charge in [-0.15, -0.1) is 0 Å². The Morgan fingerprint density at radius 2 is 2.00 bits per heavy atom. The molecule has 1 amide bonds. The summed E-state index contributed by atoms with van der Waals surface area (Å²) in [5.74, 6) is 0.377. The smallest absolute Gasteiger partial charge is 0.222 e. The quantitative estimate of drug-likeness (QED) is 0.885. The Balaban J connectivity index is 2.35. The van der Waals surface area contributed by atoms with Crippen LogP contribution in [0.1, 0.15) is 31.5 Å². The molecule has 0 atom stereocenters. The predicted molar refractivity (Wildman–Crippen MR) is 81.7 cm³/mol. The molecule has 5 heteroatoms. The number of benzene rings is 1. The fourth-order valence-electron chi connectivity index (χ4n) is 2.03. The van der Waals surface area contributed by atoms with Crippen LogP contribution in [0.15, 0.2) is 30.5 Å². The van der Waals surface area contributed by atoms with Gasteiger partial charge in [-0.3, -0.25) is 4.79 Å². The summed E-state index contributed by atoms with van der Waals surface area (Å²) in [4.78, 5) is 20.1. The first-order chi connectivity index (χ1) is 10.1. The van der Waals surface area contributed by atoms with Gasteiger partial charge in [0, 0.05) is 12.5 Å². The van der Waals surface area contributed by atoms with Gasteiger partial charge in [0.2, 0.25) is 5.91 Å². The van der Waals surface area contributed by atoms with Crippen LogP contribution < -0.4 is 5.32 Å². The molecular formula is C16H19N3O2. The van der Waals surface area contributed by atoms with Crippen LogP contribution in [0.4, 0.5) is 5.82 Å². The van der Waals surface area contributed by atoms with E-state index in [-0.39, 0.29) is 12.5 Å². The SMILES string of the molecule is CCCc1nc(-c2ccc(CO)cc2)cnc1NC(C)=O. The standard InChI is InChI=1S/C16H19N3O2/c1-3-4-14-16(18-11(2)21)17-9-15(19-14)13-7-5-12(10-20)6-8-13/h5-9,20H,3-4,10H2,1-2H3,(H,17,18,21). The van der Waals surface area contributed by atoms with E-state index in [1.165, 1.54) is 6.92 Å². The number of nitrogens with one attached hydrogen (secondary N) is 1. The highest BCUT2D eigenvalue weighted by Gasteiger charge is 2.09. The van der Waals surface area contributed by atoms with E-state index >= 15 is 0 Å². The number of carbonyl (C=O) groups is 1. The minimum absolute atomic E-state index is 0.0223. The number of aliphatic hydroxyl groups excluding tert-OH is 1. The highest BCUT2D eigenvalue weighted by molar-refractivity contribution is 5.88. The van der Waals surface area contributed by atoms with E-state index in [9.17, 15) is 4.79 Å². The van der Waals surface area contributed by atoms with Crippen molar-refractivity contribution >= 4 is 11.7 Å². The zero-order valence-electron chi connectivity index (χ0n) is 12.3. The monoisotopic (exact) mass is 285 g/mol. The molecule has 0 spiro atoms. The molecule has 1 aromatic carbocycles. The van der Waals surface area contributed by atoms with Crippen molar-refractivity contribution in [2.45, 2.75) is 33.3 Å². The van der Waals surface area contributed by atoms with Crippen LogP contribution in [-0.4, -0.2) is 21.0 Å². The van der Waals surface area contributed by atoms with E-state index in [1.54, 1.807) is 6.20 Å². The Morgan fingerprint density at radius 3 is 2.57 bits per heavy atom. The first kappa shape index (κ1) is 15.1. The topological polar surface area (TPSA) is 75.1 Å². The summed E-state index contributed by atoms with van der Waals surface area (Å²) >= 11 is 0. The fraction of sp³-hybridized carbons (Fsp3) is 0.312. The van der Waals surface area contributed by atoms with Gasteiger partial charge in [-0.2, -0.15) is 0 Å². The Bertz CT molecular complexity index is 624. The highest BCUT2D eigenvalue weighted by Crippen LogP contribution is 2.21. The third-order valence-electron chi connectivity index (χ3n) is 3.06. The molecule has 1 heterocycles. The van der Waals surface area contributed by atoms with Crippen molar-refractivity contribution in [1.82, 2.24) is 9.97 Å². The number of hydrogen-bond donors (Lipinski definition) is 2. The van der Waals surface area contributed by atoms with Crippen LogP contribution in [0, 0.1) is 0 Å². The second-order valence-corrected chi connectivity index (χ2v) is 4.84. The number of amides is 1. The molecule has 2 aromatic rings. The number of carbonyl (C=O) groups excluding carboxylic acids is 1. The fourth-order valence-corrected chi connectivity index (χ4v) is 2.03. The van der Waals surface area contributed by atoms with Crippen LogP contribution in [0.3, 0.4) is 0 Å². The van der Waals surface area contributed by atoms with E-state index in [2.05, 4.69) is 22.2 Å². The van der Waals surface area contributed by atoms with Crippen molar-refractivity contribution in [2.24, 2.45) is 0 Å². The van der Waals surface area contributed by atoms with Crippen molar-refractivity contribution in [3.8, 4) is 11.3 Å². The lowest BCUT2D eigenvalue weighted by atomic mass is 10.1. The van der Waals surface area contributed by atoms with E-state index < -0.39 is 0 Å². The second kappa shape index (κ2) is 6.95. The number of nitrogens with zero attached hydrogens (tertiary/aromatic N) is 2. The normalized spacial score (nSPS) is 10.4. The van der Waals surface area contributed by atoms with E-state index in [0.29, 0.717) is 5.82 Å². The van der Waals surface area contributed by atoms with Gasteiger partial charge in [0.15, 0.2) is 5.82 Å². The number of anilines is 1. The van der Waals surface area contributed by atoms with Gasteiger partial charge in [-0.1, -0.05) is 37.6 Å². The summed E-state index contributed by atoms with van der Waals surface area (Å²) in [6, 6.07) is 7.53. The van der Waals surface area contributed by atoms with Gasteiger partial charge in [-0.25, -0.2) is 9.97 Å². The van der Waals surface area contributed by atoms with Crippen molar-refractivity contribution < 1.29 is 9.90 Å². The number of hydrogen-bond acceptors (Lipinski definition) is 4. The average Bonchev–Trinajstić information content (AvgIpc) is 2.49. The number of rotatable bonds is 5. The number of aryl methyl sites for hydroxylation is 1. The Hall–Kier alpha value is -2.27. The van der Waals surface area contributed by atoms with Crippen LogP contribution in [0.25, 0.3) is 11.3 Å². The molecule has 0 saturated carbocycles. The van der Waals surface area contributed by atoms with E-state index in [4.69, 9.17) is 5.11 Å². The minimum Gasteiger partial charge on any atom is -0.392 e. The van der Waals surface area contributed by atoms with Gasteiger partial charge in [-0.05, 0) is 12.0 Å². The third kappa shape index (κ3) is 3.86. The maximum Gasteiger partial charge on any atom is 0.222 e. The van der Waals surface area contributed by atoms with Gasteiger partial charge in [0.05, 0.1) is 24.2 Å². The van der Waals surface area contributed by atoms with Crippen LogP contribution in [0.5, 0.6) is 0 Å². The molecule has 110 valence electrons. The molecule has 2 N–H and O–H groups in total. The summed E-state index contributed by atoms with van der Waals surface area (Å²) in [5.41, 5.74) is 3.34. The molecule has 0 aliphatic rings. The van der Waals surface area contributed by atoms with E-state index in [0.717, 1.165) is 35.4 Å². The summed E-state index contributed by atoms with van der Waals surface area (Å²) in [6.45, 7) is 3.54. The predicted octanol–water partition coefficient (Wildman–Crippen LogP) is 2.55. The lowest BCUT2D eigenvalue weighted by Crippen LogP contribution is -2.11. The molecule has 0 radical (unpaired) electrons. The molecule has 2 rings (SSSR count). The molecule has 0 unspecified atom stereocenters. The molecule has 0 bridgehead atoms. The Morgan fingerprint density at radius 1 is 1.29 bits per heavy atom. The van der Waals surface area contributed by atoms with Crippen molar-refractivity contribution in [3.05, 3.63) is 41.7 Å². The van der Waals surface area contributed by atoms with Crippen molar-refractivity contribution in [1.29, 1.82) is 0 Å². The van der Waals surface area contributed by atoms with Gasteiger partial charge < -0.3 is 10.4 Å². The summed E-state index contributed by atoms with van der Waals surface area (Å²) in [6.07, 6.45) is 3.33. The average molecular weight is 285 g/mol. The zero-order chi connectivity index (χ0) is 15.2. The molecule has 1 aromatic heterocycles. The van der Waals surface area contributed by atoms with Crippen LogP contribution >= 0.6 is 0 Å². The Kier molecular flexibility index (Phi) is 5.00. The van der Waals surface area contributed by atoms with Crippen molar-refractivity contribution in [3.63, 3.8) is 0 Å². The Labute approximate surface area is 124 Å². The lowest BCUT2D eigenvalue weighted by molar-refractivity contribution is -0.114. The molecule has 0 fully saturated rings. The van der Waals surface area contributed by atoms with E-state index in [1.807, 2.05) is 24.3 Å². The first-order valence-corrected chi connectivity index (χ1v) is 6.97. The lowest BCUT2D eigenvalue weighted by Gasteiger charge is -2.10. The van der Waals surface area contributed by atoms with Crippen LogP contribution in [-0.2, 0) is 17.8 Å². The molecule has 5 nitrogen and oxygen atoms in total. The number of aliphatic hydroxyl groups is 1. The largest absolute Gasteiger partial charge is 0.392 e. The second-order valence-electron chi connectivity index (χ2n) is 4.84. The summed E-state index contributed by atoms with van der Waals surface area (Å²) in [5, 5.41) is 11.8. The zero-order valence-corrected chi connectivity index (χ0v) is 12.3. The highest BCUT2D eigenvalue weighted by atomic mass is 16.3. The molecule has 21 heavy (non-hydrogen) atoms. The van der Waals surface area contributed by atoms with Gasteiger partial charge >= 0.3 is 0 Å². The van der Waals surface area contributed by atoms with Gasteiger partial charge in [0.1, 0.15) is 0 Å². The summed E-state index contributed by atoms with van der Waals surface area (Å²) < 4.78 is 0. The van der Waals surface area contributed by atoms with Gasteiger partial charge in [0.25, 0.3) is 0 Å². The molecular weight excluding hydrogens is 266 g/mol. The number of aromatic nitrogens is 2.